The molecule has 2 aromatic rings. The zero-order valence-electron chi connectivity index (χ0n) is 15.7. The Hall–Kier alpha value is -2.43. The molecule has 1 N–H and O–H groups in total. The van der Waals surface area contributed by atoms with Crippen molar-refractivity contribution in [1.29, 1.82) is 0 Å². The number of aryl methyl sites for hydroxylation is 2. The van der Waals surface area contributed by atoms with Crippen molar-refractivity contribution >= 4 is 11.9 Å². The first-order chi connectivity index (χ1) is 12.0. The van der Waals surface area contributed by atoms with E-state index in [9.17, 15) is 4.79 Å². The fourth-order valence-electron chi connectivity index (χ4n) is 2.66. The van der Waals surface area contributed by atoms with Crippen LogP contribution < -0.4 is 5.32 Å². The van der Waals surface area contributed by atoms with Gasteiger partial charge in [-0.1, -0.05) is 43.7 Å². The Morgan fingerprint density at radius 2 is 1.68 bits per heavy atom. The Bertz CT molecular complexity index is 691. The predicted octanol–water partition coefficient (Wildman–Crippen LogP) is 3.97. The van der Waals surface area contributed by atoms with Crippen LogP contribution in [0, 0.1) is 13.8 Å². The van der Waals surface area contributed by atoms with E-state index in [0.29, 0.717) is 18.2 Å². The molecule has 1 aromatic heterocycles. The number of nitrogens with one attached hydrogen (secondary N) is 1. The van der Waals surface area contributed by atoms with Crippen molar-refractivity contribution in [2.75, 3.05) is 18.4 Å². The molecule has 134 valence electrons. The van der Waals surface area contributed by atoms with E-state index in [1.54, 1.807) is 6.07 Å². The molecule has 5 nitrogen and oxygen atoms in total. The molecular formula is C20H28N4O. The van der Waals surface area contributed by atoms with Crippen LogP contribution in [0.4, 0.5) is 5.95 Å². The van der Waals surface area contributed by atoms with Crippen molar-refractivity contribution in [3.63, 3.8) is 0 Å². The Morgan fingerprint density at radius 3 is 2.28 bits per heavy atom. The summed E-state index contributed by atoms with van der Waals surface area (Å²) in [4.78, 5) is 23.5. The van der Waals surface area contributed by atoms with Gasteiger partial charge < -0.3 is 10.2 Å². The summed E-state index contributed by atoms with van der Waals surface area (Å²) in [5, 5.41) is 3.23. The van der Waals surface area contributed by atoms with Crippen molar-refractivity contribution in [2.24, 2.45) is 0 Å². The summed E-state index contributed by atoms with van der Waals surface area (Å²) >= 11 is 0. The zero-order chi connectivity index (χ0) is 18.2. The van der Waals surface area contributed by atoms with Crippen LogP contribution in [0.1, 0.15) is 54.0 Å². The zero-order valence-corrected chi connectivity index (χ0v) is 15.7. The predicted molar refractivity (Wildman–Crippen MR) is 102 cm³/mol. The number of carbonyl (C=O) groups excluding carboxylic acids is 1. The molecular weight excluding hydrogens is 312 g/mol. The molecule has 5 heteroatoms. The minimum absolute atomic E-state index is 0.0208. The first-order valence-electron chi connectivity index (χ1n) is 8.97. The Morgan fingerprint density at radius 1 is 1.04 bits per heavy atom. The summed E-state index contributed by atoms with van der Waals surface area (Å²) in [7, 11) is 0. The maximum atomic E-state index is 12.7. The topological polar surface area (TPSA) is 58.1 Å². The van der Waals surface area contributed by atoms with Gasteiger partial charge in [-0.15, -0.1) is 0 Å². The van der Waals surface area contributed by atoms with Crippen LogP contribution in [-0.4, -0.2) is 33.9 Å². The maximum Gasteiger partial charge on any atom is 0.272 e. The highest BCUT2D eigenvalue weighted by Gasteiger charge is 2.17. The highest BCUT2D eigenvalue weighted by Crippen LogP contribution is 2.11. The summed E-state index contributed by atoms with van der Waals surface area (Å²) in [5.41, 5.74) is 3.64. The van der Waals surface area contributed by atoms with Gasteiger partial charge in [-0.3, -0.25) is 4.79 Å². The van der Waals surface area contributed by atoms with Gasteiger partial charge in [0.05, 0.1) is 0 Å². The van der Waals surface area contributed by atoms with Gasteiger partial charge in [-0.05, 0) is 38.3 Å². The molecule has 0 unspecified atom stereocenters. The fourth-order valence-corrected chi connectivity index (χ4v) is 2.66. The number of benzene rings is 1. The second-order valence-corrected chi connectivity index (χ2v) is 6.35. The number of nitrogens with zero attached hydrogens (tertiary/aromatic N) is 3. The minimum Gasteiger partial charge on any atom is -0.350 e. The standard InChI is InChI=1S/C20H28N4O/c1-5-11-24(12-6-2)19(25)18-13-16(4)22-20(23-18)21-14-17-9-7-15(3)8-10-17/h7-10,13H,5-6,11-12,14H2,1-4H3,(H,21,22,23). The summed E-state index contributed by atoms with van der Waals surface area (Å²) in [6.07, 6.45) is 1.88. The van der Waals surface area contributed by atoms with E-state index in [4.69, 9.17) is 0 Å². The summed E-state index contributed by atoms with van der Waals surface area (Å²) < 4.78 is 0. The molecule has 0 saturated heterocycles. The molecule has 0 bridgehead atoms. The van der Waals surface area contributed by atoms with Gasteiger partial charge in [0.1, 0.15) is 5.69 Å². The van der Waals surface area contributed by atoms with Crippen LogP contribution in [0.3, 0.4) is 0 Å². The smallest absolute Gasteiger partial charge is 0.272 e. The van der Waals surface area contributed by atoms with Gasteiger partial charge in [-0.25, -0.2) is 9.97 Å². The third-order valence-electron chi connectivity index (χ3n) is 3.92. The molecule has 25 heavy (non-hydrogen) atoms. The van der Waals surface area contributed by atoms with E-state index in [2.05, 4.69) is 60.3 Å². The Kier molecular flexibility index (Phi) is 6.92. The number of amides is 1. The largest absolute Gasteiger partial charge is 0.350 e. The van der Waals surface area contributed by atoms with Crippen LogP contribution in [0.15, 0.2) is 30.3 Å². The number of carbonyl (C=O) groups is 1. The van der Waals surface area contributed by atoms with Crippen LogP contribution in [0.5, 0.6) is 0 Å². The molecule has 0 radical (unpaired) electrons. The van der Waals surface area contributed by atoms with Crippen LogP contribution in [0.2, 0.25) is 0 Å². The molecule has 0 aliphatic rings. The summed E-state index contributed by atoms with van der Waals surface area (Å²) in [5.74, 6) is 0.476. The highest BCUT2D eigenvalue weighted by atomic mass is 16.2. The molecule has 0 saturated carbocycles. The van der Waals surface area contributed by atoms with Gasteiger partial charge in [0.15, 0.2) is 0 Å². The third-order valence-corrected chi connectivity index (χ3v) is 3.92. The fraction of sp³-hybridized carbons (Fsp3) is 0.450. The van der Waals surface area contributed by atoms with Crippen molar-refractivity contribution in [3.8, 4) is 0 Å². The number of aromatic nitrogens is 2. The maximum absolute atomic E-state index is 12.7. The van der Waals surface area contributed by atoms with E-state index >= 15 is 0 Å². The molecule has 0 aliphatic heterocycles. The molecule has 1 amide bonds. The van der Waals surface area contributed by atoms with Crippen LogP contribution in [0.25, 0.3) is 0 Å². The first-order valence-corrected chi connectivity index (χ1v) is 8.97. The quantitative estimate of drug-likeness (QED) is 0.790. The molecule has 0 spiro atoms. The lowest BCUT2D eigenvalue weighted by Crippen LogP contribution is -2.33. The second kappa shape index (κ2) is 9.16. The molecule has 0 fully saturated rings. The van der Waals surface area contributed by atoms with E-state index < -0.39 is 0 Å². The lowest BCUT2D eigenvalue weighted by atomic mass is 10.1. The van der Waals surface area contributed by atoms with Crippen molar-refractivity contribution in [3.05, 3.63) is 52.8 Å². The number of anilines is 1. The lowest BCUT2D eigenvalue weighted by Gasteiger charge is -2.21. The van der Waals surface area contributed by atoms with Crippen molar-refractivity contribution in [1.82, 2.24) is 14.9 Å². The normalized spacial score (nSPS) is 10.6. The number of rotatable bonds is 8. The van der Waals surface area contributed by atoms with E-state index in [-0.39, 0.29) is 5.91 Å². The van der Waals surface area contributed by atoms with E-state index in [1.165, 1.54) is 5.56 Å². The van der Waals surface area contributed by atoms with Gasteiger partial charge >= 0.3 is 0 Å². The Balaban J connectivity index is 2.12. The second-order valence-electron chi connectivity index (χ2n) is 6.35. The molecule has 1 heterocycles. The molecule has 1 aromatic carbocycles. The minimum atomic E-state index is -0.0208. The van der Waals surface area contributed by atoms with Crippen molar-refractivity contribution < 1.29 is 4.79 Å². The van der Waals surface area contributed by atoms with Gasteiger partial charge in [0, 0.05) is 25.3 Å². The van der Waals surface area contributed by atoms with E-state index in [1.807, 2.05) is 11.8 Å². The summed E-state index contributed by atoms with van der Waals surface area (Å²) in [6.45, 7) is 10.2. The SMILES string of the molecule is CCCN(CCC)C(=O)c1cc(C)nc(NCc2ccc(C)cc2)n1. The van der Waals surface area contributed by atoms with Gasteiger partial charge in [0.2, 0.25) is 5.95 Å². The average Bonchev–Trinajstić information content (AvgIpc) is 2.60. The van der Waals surface area contributed by atoms with Crippen LogP contribution in [-0.2, 0) is 6.54 Å². The highest BCUT2D eigenvalue weighted by molar-refractivity contribution is 5.92. The lowest BCUT2D eigenvalue weighted by molar-refractivity contribution is 0.0749. The van der Waals surface area contributed by atoms with Gasteiger partial charge in [-0.2, -0.15) is 0 Å². The summed E-state index contributed by atoms with van der Waals surface area (Å²) in [6, 6.07) is 10.1. The molecule has 0 atom stereocenters. The molecule has 2 rings (SSSR count). The monoisotopic (exact) mass is 340 g/mol. The molecule has 0 aliphatic carbocycles. The average molecular weight is 340 g/mol. The third kappa shape index (κ3) is 5.55. The van der Waals surface area contributed by atoms with Gasteiger partial charge in [0.25, 0.3) is 5.91 Å². The van der Waals surface area contributed by atoms with E-state index in [0.717, 1.165) is 37.2 Å². The first kappa shape index (κ1) is 18.9. The number of hydrogen-bond acceptors (Lipinski definition) is 4. The number of hydrogen-bond donors (Lipinski definition) is 1. The Labute approximate surface area is 150 Å². The van der Waals surface area contributed by atoms with Crippen LogP contribution >= 0.6 is 0 Å². The van der Waals surface area contributed by atoms with Crippen molar-refractivity contribution in [2.45, 2.75) is 47.1 Å².